The van der Waals surface area contributed by atoms with Crippen LogP contribution in [0.5, 0.6) is 0 Å². The van der Waals surface area contributed by atoms with Crippen LogP contribution in [0.2, 0.25) is 0 Å². The number of fused-ring (bicyclic) bond motifs is 8. The minimum absolute atomic E-state index is 0.600. The van der Waals surface area contributed by atoms with Gasteiger partial charge in [-0.05, 0) is 40.8 Å². The zero-order valence-electron chi connectivity index (χ0n) is 25.6. The zero-order chi connectivity index (χ0) is 31.6. The fourth-order valence-corrected chi connectivity index (χ4v) is 6.94. The number of hydrogen-bond donors (Lipinski definition) is 0. The fourth-order valence-electron chi connectivity index (χ4n) is 6.94. The Morgan fingerprint density at radius 3 is 1.60 bits per heavy atom. The highest BCUT2D eigenvalue weighted by Crippen LogP contribution is 2.40. The van der Waals surface area contributed by atoms with Crippen molar-refractivity contribution in [3.05, 3.63) is 152 Å². The van der Waals surface area contributed by atoms with E-state index in [9.17, 15) is 0 Å². The molecule has 0 aliphatic heterocycles. The van der Waals surface area contributed by atoms with Gasteiger partial charge in [-0.3, -0.25) is 0 Å². The van der Waals surface area contributed by atoms with E-state index in [1.165, 1.54) is 10.8 Å². The Hall–Kier alpha value is -6.59. The van der Waals surface area contributed by atoms with E-state index in [4.69, 9.17) is 23.8 Å². The number of nitrogens with zero attached hydrogens (tertiary/aromatic N) is 3. The molecule has 0 aliphatic carbocycles. The Kier molecular flexibility index (Phi) is 5.81. The summed E-state index contributed by atoms with van der Waals surface area (Å²) in [6.07, 6.45) is 0. The lowest BCUT2D eigenvalue weighted by atomic mass is 9.94. The molecule has 224 valence electrons. The summed E-state index contributed by atoms with van der Waals surface area (Å²) in [5.41, 5.74) is 8.41. The maximum absolute atomic E-state index is 6.24. The standard InChI is InChI=1S/C43H25N3O2/c1-2-10-28(11-3-1)41-44-42(46-43(45-41)33-16-9-19-36-39(33)31-13-4-6-17-34(31)47-36)29-22-20-26(21-23-29)30-15-8-12-27-24-25-37-40(38(27)30)32-14-5-7-18-35(32)48-37/h1-25H. The Morgan fingerprint density at radius 2 is 0.854 bits per heavy atom. The molecule has 0 aliphatic rings. The highest BCUT2D eigenvalue weighted by molar-refractivity contribution is 6.22. The molecule has 48 heavy (non-hydrogen) atoms. The van der Waals surface area contributed by atoms with E-state index in [-0.39, 0.29) is 0 Å². The summed E-state index contributed by atoms with van der Waals surface area (Å²) in [7, 11) is 0. The minimum Gasteiger partial charge on any atom is -0.456 e. The van der Waals surface area contributed by atoms with E-state index in [0.29, 0.717) is 17.5 Å². The van der Waals surface area contributed by atoms with Crippen molar-refractivity contribution in [1.29, 1.82) is 0 Å². The van der Waals surface area contributed by atoms with E-state index in [2.05, 4.69) is 78.9 Å². The number of para-hydroxylation sites is 2. The molecule has 0 unspecified atom stereocenters. The molecule has 10 aromatic rings. The number of rotatable bonds is 4. The normalized spacial score (nSPS) is 11.8. The first-order valence-electron chi connectivity index (χ1n) is 15.9. The van der Waals surface area contributed by atoms with Crippen molar-refractivity contribution in [1.82, 2.24) is 15.0 Å². The zero-order valence-corrected chi connectivity index (χ0v) is 25.6. The van der Waals surface area contributed by atoms with Crippen molar-refractivity contribution in [2.45, 2.75) is 0 Å². The van der Waals surface area contributed by atoms with Crippen molar-refractivity contribution in [3.8, 4) is 45.3 Å². The second-order valence-corrected chi connectivity index (χ2v) is 12.0. The monoisotopic (exact) mass is 615 g/mol. The summed E-state index contributed by atoms with van der Waals surface area (Å²) in [6, 6.07) is 51.6. The number of furan rings is 2. The third kappa shape index (κ3) is 4.15. The Morgan fingerprint density at radius 1 is 0.312 bits per heavy atom. The Balaban J connectivity index is 1.15. The number of hydrogen-bond acceptors (Lipinski definition) is 5. The van der Waals surface area contributed by atoms with Gasteiger partial charge in [-0.2, -0.15) is 0 Å². The van der Waals surface area contributed by atoms with Crippen molar-refractivity contribution in [3.63, 3.8) is 0 Å². The average Bonchev–Trinajstić information content (AvgIpc) is 3.74. The van der Waals surface area contributed by atoms with Gasteiger partial charge >= 0.3 is 0 Å². The van der Waals surface area contributed by atoms with Gasteiger partial charge < -0.3 is 8.83 Å². The molecule has 0 amide bonds. The molecule has 10 rings (SSSR count). The molecular weight excluding hydrogens is 590 g/mol. The van der Waals surface area contributed by atoms with Crippen molar-refractivity contribution in [2.24, 2.45) is 0 Å². The molecule has 0 fully saturated rings. The van der Waals surface area contributed by atoms with E-state index in [1.807, 2.05) is 72.8 Å². The van der Waals surface area contributed by atoms with E-state index >= 15 is 0 Å². The SMILES string of the molecule is c1ccc(-c2nc(-c3ccc(-c4cccc5ccc6oc7ccccc7c6c45)cc3)nc(-c3cccc4oc5ccccc5c34)n2)cc1. The van der Waals surface area contributed by atoms with Gasteiger partial charge in [0.2, 0.25) is 0 Å². The highest BCUT2D eigenvalue weighted by atomic mass is 16.3. The maximum atomic E-state index is 6.24. The van der Waals surface area contributed by atoms with Crippen LogP contribution >= 0.6 is 0 Å². The van der Waals surface area contributed by atoms with Crippen LogP contribution in [-0.4, -0.2) is 15.0 Å². The molecule has 0 saturated carbocycles. The van der Waals surface area contributed by atoms with Crippen LogP contribution in [0.1, 0.15) is 0 Å². The minimum atomic E-state index is 0.600. The fraction of sp³-hybridized carbons (Fsp3) is 0. The Bertz CT molecular complexity index is 2830. The van der Waals surface area contributed by atoms with Gasteiger partial charge in [0.15, 0.2) is 17.5 Å². The number of aromatic nitrogens is 3. The number of benzene rings is 7. The second-order valence-electron chi connectivity index (χ2n) is 12.0. The summed E-state index contributed by atoms with van der Waals surface area (Å²) < 4.78 is 12.4. The van der Waals surface area contributed by atoms with Crippen LogP contribution in [0.15, 0.2) is 160 Å². The highest BCUT2D eigenvalue weighted by Gasteiger charge is 2.18. The summed E-state index contributed by atoms with van der Waals surface area (Å²) in [4.78, 5) is 15.1. The molecule has 0 N–H and O–H groups in total. The van der Waals surface area contributed by atoms with E-state index in [0.717, 1.165) is 71.7 Å². The second kappa shape index (κ2) is 10.5. The summed E-state index contributed by atoms with van der Waals surface area (Å²) >= 11 is 0. The molecule has 3 aromatic heterocycles. The Labute approximate surface area is 274 Å². The van der Waals surface area contributed by atoms with Crippen LogP contribution in [0, 0.1) is 0 Å². The molecule has 3 heterocycles. The third-order valence-electron chi connectivity index (χ3n) is 9.15. The van der Waals surface area contributed by atoms with Crippen molar-refractivity contribution in [2.75, 3.05) is 0 Å². The van der Waals surface area contributed by atoms with Crippen molar-refractivity contribution >= 4 is 54.6 Å². The lowest BCUT2D eigenvalue weighted by molar-refractivity contribution is 0.668. The topological polar surface area (TPSA) is 65.0 Å². The molecule has 0 radical (unpaired) electrons. The van der Waals surface area contributed by atoms with Gasteiger partial charge in [-0.15, -0.1) is 0 Å². The summed E-state index contributed by atoms with van der Waals surface area (Å²) in [6.45, 7) is 0. The van der Waals surface area contributed by atoms with Gasteiger partial charge in [0, 0.05) is 43.6 Å². The lowest BCUT2D eigenvalue weighted by Crippen LogP contribution is -2.00. The van der Waals surface area contributed by atoms with Gasteiger partial charge in [-0.1, -0.05) is 127 Å². The molecule has 0 spiro atoms. The van der Waals surface area contributed by atoms with Crippen LogP contribution in [0.25, 0.3) is 99.9 Å². The van der Waals surface area contributed by atoms with Gasteiger partial charge in [0.05, 0.1) is 0 Å². The van der Waals surface area contributed by atoms with Gasteiger partial charge in [0.1, 0.15) is 22.3 Å². The maximum Gasteiger partial charge on any atom is 0.164 e. The summed E-state index contributed by atoms with van der Waals surface area (Å²) in [5.74, 6) is 1.83. The molecule has 5 nitrogen and oxygen atoms in total. The largest absolute Gasteiger partial charge is 0.456 e. The van der Waals surface area contributed by atoms with Crippen LogP contribution in [-0.2, 0) is 0 Å². The van der Waals surface area contributed by atoms with Crippen molar-refractivity contribution < 1.29 is 8.83 Å². The lowest BCUT2D eigenvalue weighted by Gasteiger charge is -2.11. The van der Waals surface area contributed by atoms with Crippen LogP contribution in [0.3, 0.4) is 0 Å². The molecule has 0 saturated heterocycles. The van der Waals surface area contributed by atoms with Crippen LogP contribution < -0.4 is 0 Å². The van der Waals surface area contributed by atoms with E-state index in [1.54, 1.807) is 0 Å². The molecule has 0 atom stereocenters. The van der Waals surface area contributed by atoms with Crippen LogP contribution in [0.4, 0.5) is 0 Å². The first-order valence-corrected chi connectivity index (χ1v) is 15.9. The molecular formula is C43H25N3O2. The molecule has 7 aromatic carbocycles. The third-order valence-corrected chi connectivity index (χ3v) is 9.15. The van der Waals surface area contributed by atoms with E-state index < -0.39 is 0 Å². The summed E-state index contributed by atoms with van der Waals surface area (Å²) in [5, 5.41) is 6.64. The van der Waals surface area contributed by atoms with Gasteiger partial charge in [0.25, 0.3) is 0 Å². The smallest absolute Gasteiger partial charge is 0.164 e. The molecule has 0 bridgehead atoms. The first-order chi connectivity index (χ1) is 23.8. The molecule has 5 heteroatoms. The first kappa shape index (κ1) is 26.6. The van der Waals surface area contributed by atoms with Gasteiger partial charge in [-0.25, -0.2) is 15.0 Å². The average molecular weight is 616 g/mol. The quantitative estimate of drug-likeness (QED) is 0.197. The predicted molar refractivity (Wildman–Crippen MR) is 194 cm³/mol. The predicted octanol–water partition coefficient (Wildman–Crippen LogP) is 11.5.